The highest BCUT2D eigenvalue weighted by Crippen LogP contribution is 2.22. The number of sulfone groups is 1. The molecule has 0 aliphatic carbocycles. The Morgan fingerprint density at radius 1 is 0.905 bits per heavy atom. The zero-order chi connectivity index (χ0) is 15.7. The predicted molar refractivity (Wildman–Crippen MR) is 81.2 cm³/mol. The summed E-state index contributed by atoms with van der Waals surface area (Å²) in [7, 11) is -7.40. The summed E-state index contributed by atoms with van der Waals surface area (Å²) in [5, 5.41) is 0. The second kappa shape index (κ2) is 5.38. The normalized spacial score (nSPS) is 12.0. The van der Waals surface area contributed by atoms with Crippen molar-refractivity contribution in [2.45, 2.75) is 9.79 Å². The molecule has 112 valence electrons. The maximum atomic E-state index is 12.3. The van der Waals surface area contributed by atoms with E-state index in [1.807, 2.05) is 0 Å². The van der Waals surface area contributed by atoms with Crippen LogP contribution in [0.4, 0.5) is 11.4 Å². The number of hydrogen-bond acceptors (Lipinski definition) is 5. The Balaban J connectivity index is 2.44. The van der Waals surface area contributed by atoms with Crippen LogP contribution in [0, 0.1) is 0 Å². The molecule has 2 aromatic rings. The number of para-hydroxylation sites is 2. The molecule has 3 N–H and O–H groups in total. The van der Waals surface area contributed by atoms with E-state index in [0.29, 0.717) is 0 Å². The topological polar surface area (TPSA) is 106 Å². The van der Waals surface area contributed by atoms with Gasteiger partial charge in [0, 0.05) is 6.26 Å². The van der Waals surface area contributed by atoms with Crippen LogP contribution in [0.3, 0.4) is 0 Å². The Hall–Kier alpha value is -2.06. The Kier molecular flexibility index (Phi) is 3.93. The van der Waals surface area contributed by atoms with Crippen molar-refractivity contribution in [3.8, 4) is 0 Å². The van der Waals surface area contributed by atoms with E-state index in [1.165, 1.54) is 24.3 Å². The van der Waals surface area contributed by atoms with Crippen molar-refractivity contribution in [1.29, 1.82) is 0 Å². The third-order valence-corrected chi connectivity index (χ3v) is 5.22. The standard InChI is InChI=1S/C13H14N2O4S2/c1-20(16,17)10-5-4-6-11(9-10)21(18,19)15-13-8-3-2-7-12(13)14/h2-9,15H,14H2,1H3. The van der Waals surface area contributed by atoms with Crippen LogP contribution < -0.4 is 10.5 Å². The van der Waals surface area contributed by atoms with Crippen molar-refractivity contribution in [2.75, 3.05) is 16.7 Å². The average molecular weight is 326 g/mol. The molecule has 0 heterocycles. The molecule has 0 saturated heterocycles. The average Bonchev–Trinajstić information content (AvgIpc) is 2.40. The van der Waals surface area contributed by atoms with Gasteiger partial charge in [-0.05, 0) is 30.3 Å². The number of benzene rings is 2. The van der Waals surface area contributed by atoms with Gasteiger partial charge in [-0.25, -0.2) is 16.8 Å². The summed E-state index contributed by atoms with van der Waals surface area (Å²) >= 11 is 0. The van der Waals surface area contributed by atoms with Gasteiger partial charge in [-0.3, -0.25) is 4.72 Å². The van der Waals surface area contributed by atoms with Crippen LogP contribution in [0.2, 0.25) is 0 Å². The van der Waals surface area contributed by atoms with Crippen LogP contribution in [0.15, 0.2) is 58.3 Å². The zero-order valence-electron chi connectivity index (χ0n) is 11.1. The molecule has 8 heteroatoms. The lowest BCUT2D eigenvalue weighted by Gasteiger charge is -2.10. The van der Waals surface area contributed by atoms with Crippen molar-refractivity contribution in [3.63, 3.8) is 0 Å². The minimum atomic E-state index is -3.91. The van der Waals surface area contributed by atoms with Crippen LogP contribution in [0.1, 0.15) is 0 Å². The van der Waals surface area contributed by atoms with Crippen molar-refractivity contribution < 1.29 is 16.8 Å². The third kappa shape index (κ3) is 3.53. The number of nitrogen functional groups attached to an aromatic ring is 1. The van der Waals surface area contributed by atoms with Gasteiger partial charge in [-0.1, -0.05) is 18.2 Å². The molecule has 0 aromatic heterocycles. The van der Waals surface area contributed by atoms with Crippen molar-refractivity contribution >= 4 is 31.2 Å². The summed E-state index contributed by atoms with van der Waals surface area (Å²) in [5.74, 6) is 0. The Morgan fingerprint density at radius 2 is 1.52 bits per heavy atom. The fourth-order valence-electron chi connectivity index (χ4n) is 1.67. The molecule has 0 unspecified atom stereocenters. The summed E-state index contributed by atoms with van der Waals surface area (Å²) in [6.07, 6.45) is 1.02. The molecule has 0 fully saturated rings. The van der Waals surface area contributed by atoms with E-state index in [1.54, 1.807) is 18.2 Å². The number of hydrogen-bond donors (Lipinski definition) is 2. The molecular formula is C13H14N2O4S2. The highest BCUT2D eigenvalue weighted by Gasteiger charge is 2.18. The number of sulfonamides is 1. The maximum absolute atomic E-state index is 12.3. The molecule has 0 saturated carbocycles. The van der Waals surface area contributed by atoms with Gasteiger partial charge in [0.1, 0.15) is 0 Å². The second-order valence-electron chi connectivity index (χ2n) is 4.44. The Bertz CT molecular complexity index is 875. The molecular weight excluding hydrogens is 312 g/mol. The van der Waals surface area contributed by atoms with Crippen LogP contribution in [-0.4, -0.2) is 23.1 Å². The zero-order valence-corrected chi connectivity index (χ0v) is 12.8. The predicted octanol–water partition coefficient (Wildman–Crippen LogP) is 1.47. The van der Waals surface area contributed by atoms with Crippen molar-refractivity contribution in [1.82, 2.24) is 0 Å². The maximum Gasteiger partial charge on any atom is 0.262 e. The quantitative estimate of drug-likeness (QED) is 0.828. The molecule has 21 heavy (non-hydrogen) atoms. The van der Waals surface area contributed by atoms with Crippen LogP contribution in [-0.2, 0) is 19.9 Å². The lowest BCUT2D eigenvalue weighted by atomic mass is 10.3. The van der Waals surface area contributed by atoms with E-state index in [9.17, 15) is 16.8 Å². The van der Waals surface area contributed by atoms with E-state index in [4.69, 9.17) is 5.73 Å². The first kappa shape index (κ1) is 15.3. The van der Waals surface area contributed by atoms with E-state index in [-0.39, 0.29) is 21.2 Å². The summed E-state index contributed by atoms with van der Waals surface area (Å²) in [4.78, 5) is -0.208. The van der Waals surface area contributed by atoms with Crippen LogP contribution >= 0.6 is 0 Å². The fraction of sp³-hybridized carbons (Fsp3) is 0.0769. The van der Waals surface area contributed by atoms with Crippen molar-refractivity contribution in [2.24, 2.45) is 0 Å². The minimum Gasteiger partial charge on any atom is -0.397 e. The van der Waals surface area contributed by atoms with Gasteiger partial charge in [-0.2, -0.15) is 0 Å². The van der Waals surface area contributed by atoms with Crippen LogP contribution in [0.25, 0.3) is 0 Å². The first-order valence-corrected chi connectivity index (χ1v) is 9.25. The summed E-state index contributed by atoms with van der Waals surface area (Å²) < 4.78 is 49.9. The first-order chi connectivity index (χ1) is 9.70. The Labute approximate surface area is 123 Å². The van der Waals surface area contributed by atoms with E-state index in [2.05, 4.69) is 4.72 Å². The largest absolute Gasteiger partial charge is 0.397 e. The smallest absolute Gasteiger partial charge is 0.262 e. The third-order valence-electron chi connectivity index (χ3n) is 2.75. The first-order valence-electron chi connectivity index (χ1n) is 5.87. The SMILES string of the molecule is CS(=O)(=O)c1cccc(S(=O)(=O)Nc2ccccc2N)c1. The van der Waals surface area contributed by atoms with Gasteiger partial charge in [0.25, 0.3) is 10.0 Å². The summed E-state index contributed by atoms with van der Waals surface area (Å²) in [6, 6.07) is 11.5. The molecule has 0 spiro atoms. The van der Waals surface area contributed by atoms with Gasteiger partial charge >= 0.3 is 0 Å². The van der Waals surface area contributed by atoms with Gasteiger partial charge in [0.05, 0.1) is 21.2 Å². The molecule has 2 aromatic carbocycles. The minimum absolute atomic E-state index is 0.0635. The molecule has 2 rings (SSSR count). The van der Waals surface area contributed by atoms with E-state index >= 15 is 0 Å². The Morgan fingerprint density at radius 3 is 2.14 bits per heavy atom. The molecule has 0 aliphatic rings. The molecule has 0 amide bonds. The molecule has 0 aliphatic heterocycles. The van der Waals surface area contributed by atoms with Gasteiger partial charge in [0.2, 0.25) is 0 Å². The lowest BCUT2D eigenvalue weighted by molar-refractivity contribution is 0.599. The number of rotatable bonds is 4. The van der Waals surface area contributed by atoms with Crippen LogP contribution in [0.5, 0.6) is 0 Å². The highest BCUT2D eigenvalue weighted by molar-refractivity contribution is 7.93. The van der Waals surface area contributed by atoms with Gasteiger partial charge in [0.15, 0.2) is 9.84 Å². The number of anilines is 2. The van der Waals surface area contributed by atoms with Gasteiger partial charge in [-0.15, -0.1) is 0 Å². The summed E-state index contributed by atoms with van der Waals surface area (Å²) in [6.45, 7) is 0. The molecule has 6 nitrogen and oxygen atoms in total. The van der Waals surface area contributed by atoms with E-state index in [0.717, 1.165) is 12.3 Å². The second-order valence-corrected chi connectivity index (χ2v) is 8.14. The van der Waals surface area contributed by atoms with Gasteiger partial charge < -0.3 is 5.73 Å². The monoisotopic (exact) mass is 326 g/mol. The fourth-order valence-corrected chi connectivity index (χ4v) is 3.54. The van der Waals surface area contributed by atoms with Crippen molar-refractivity contribution in [3.05, 3.63) is 48.5 Å². The highest BCUT2D eigenvalue weighted by atomic mass is 32.2. The molecule has 0 atom stereocenters. The number of nitrogens with one attached hydrogen (secondary N) is 1. The number of nitrogens with two attached hydrogens (primary N) is 1. The summed E-state index contributed by atoms with van der Waals surface area (Å²) in [5.41, 5.74) is 6.20. The molecule has 0 radical (unpaired) electrons. The van der Waals surface area contributed by atoms with E-state index < -0.39 is 19.9 Å². The molecule has 0 bridgehead atoms. The lowest BCUT2D eigenvalue weighted by Crippen LogP contribution is -2.14.